The minimum absolute atomic E-state index is 0.0104. The molecule has 1 aliphatic carbocycles. The van der Waals surface area contributed by atoms with Gasteiger partial charge in [0.15, 0.2) is 0 Å². The summed E-state index contributed by atoms with van der Waals surface area (Å²) in [5.41, 5.74) is 27.4. The molecule has 3 heterocycles. The van der Waals surface area contributed by atoms with E-state index in [9.17, 15) is 0 Å². The van der Waals surface area contributed by atoms with Crippen LogP contribution in [0, 0.1) is 11.3 Å². The van der Waals surface area contributed by atoms with Crippen LogP contribution in [0.4, 0.5) is 45.5 Å². The molecule has 1 fully saturated rings. The number of benzene rings is 9. The maximum absolute atomic E-state index is 2.87. The smallest absolute Gasteiger partial charge is 0.252 e. The van der Waals surface area contributed by atoms with Crippen LogP contribution < -0.4 is 31.1 Å². The molecule has 0 radical (unpaired) electrons. The molecule has 9 aromatic rings. The molecule has 1 saturated carbocycles. The Morgan fingerprint density at radius 1 is 0.384 bits per heavy atom. The molecule has 3 aliphatic heterocycles. The monoisotopic (exact) mass is 1130 g/mol. The normalized spacial score (nSPS) is 19.2. The molecular formula is C82H90BN3. The van der Waals surface area contributed by atoms with Crippen LogP contribution in [0.3, 0.4) is 0 Å². The molecule has 436 valence electrons. The van der Waals surface area contributed by atoms with Gasteiger partial charge in [0.1, 0.15) is 0 Å². The van der Waals surface area contributed by atoms with Gasteiger partial charge in [-0.15, -0.1) is 0 Å². The predicted molar refractivity (Wildman–Crippen MR) is 373 cm³/mol. The largest absolute Gasteiger partial charge is 0.334 e. The van der Waals surface area contributed by atoms with Gasteiger partial charge in [-0.3, -0.25) is 0 Å². The standard InChI is InChI=1S/C82H90BN3/c1-76(2,3)57-34-39-68(63(46-57)54-29-23-19-24-30-54)84-71-42-37-60(79(10,11)12)49-67(71)83-66-38-33-56(53-27-21-18-22-28-53)45-72(66)85(69-40-35-58(77(4,5)6)47-64(69)55-31-25-20-26-32-55)74-51-62(50-73(84)75(74)83)86-70-41-36-59(78(7,8)9)48-65(70)81(16)52-61(80(13,14)15)43-44-82(81,86)17/h18-42,45-51,61H,43-44,52H2,1-17H3. The Kier molecular flexibility index (Phi) is 13.4. The van der Waals surface area contributed by atoms with E-state index in [4.69, 9.17) is 0 Å². The number of nitrogens with zero attached hydrogens (tertiary/aromatic N) is 3. The van der Waals surface area contributed by atoms with Gasteiger partial charge in [-0.05, 0) is 180 Å². The van der Waals surface area contributed by atoms with E-state index in [0.717, 1.165) is 12.8 Å². The van der Waals surface area contributed by atoms with Crippen molar-refractivity contribution in [2.45, 2.75) is 170 Å². The third-order valence-electron chi connectivity index (χ3n) is 20.9. The van der Waals surface area contributed by atoms with Crippen LogP contribution in [0.25, 0.3) is 33.4 Å². The lowest BCUT2D eigenvalue weighted by atomic mass is 9.33. The van der Waals surface area contributed by atoms with Crippen molar-refractivity contribution in [2.75, 3.05) is 14.7 Å². The first-order valence-corrected chi connectivity index (χ1v) is 32.0. The highest BCUT2D eigenvalue weighted by atomic mass is 15.3. The first kappa shape index (κ1) is 57.5. The zero-order valence-corrected chi connectivity index (χ0v) is 54.6. The van der Waals surface area contributed by atoms with E-state index < -0.39 is 0 Å². The number of hydrogen-bond acceptors (Lipinski definition) is 3. The van der Waals surface area contributed by atoms with Gasteiger partial charge in [-0.1, -0.05) is 250 Å². The molecule has 9 aromatic carbocycles. The number of rotatable bonds is 6. The number of anilines is 8. The van der Waals surface area contributed by atoms with Crippen molar-refractivity contribution in [3.05, 3.63) is 222 Å². The first-order valence-electron chi connectivity index (χ1n) is 32.0. The summed E-state index contributed by atoms with van der Waals surface area (Å²) in [4.78, 5) is 8.28. The Labute approximate surface area is 516 Å². The zero-order valence-electron chi connectivity index (χ0n) is 54.6. The predicted octanol–water partition coefficient (Wildman–Crippen LogP) is 21.0. The lowest BCUT2D eigenvalue weighted by Gasteiger charge is -2.55. The maximum Gasteiger partial charge on any atom is 0.252 e. The molecule has 3 unspecified atom stereocenters. The van der Waals surface area contributed by atoms with Crippen molar-refractivity contribution in [2.24, 2.45) is 11.3 Å². The Morgan fingerprint density at radius 2 is 0.826 bits per heavy atom. The summed E-state index contributed by atoms with van der Waals surface area (Å²) in [6.07, 6.45) is 3.38. The molecule has 13 rings (SSSR count). The van der Waals surface area contributed by atoms with Crippen LogP contribution in [0.15, 0.2) is 194 Å². The van der Waals surface area contributed by atoms with Crippen LogP contribution in [0.1, 0.15) is 165 Å². The molecule has 0 bridgehead atoms. The molecule has 4 heteroatoms. The quantitative estimate of drug-likeness (QED) is 0.154. The Hall–Kier alpha value is -7.56. The molecule has 0 spiro atoms. The summed E-state index contributed by atoms with van der Waals surface area (Å²) in [7, 11) is 0. The molecule has 0 N–H and O–H groups in total. The highest BCUT2D eigenvalue weighted by Crippen LogP contribution is 2.65. The minimum Gasteiger partial charge on any atom is -0.334 e. The van der Waals surface area contributed by atoms with Gasteiger partial charge >= 0.3 is 0 Å². The molecule has 0 amide bonds. The van der Waals surface area contributed by atoms with Crippen molar-refractivity contribution < 1.29 is 0 Å². The topological polar surface area (TPSA) is 9.72 Å². The van der Waals surface area contributed by atoms with Gasteiger partial charge in [0, 0.05) is 50.7 Å². The molecule has 4 aliphatic rings. The SMILES string of the molecule is CC(C)(C)c1ccc2c(c1)B1c3ccc(-c4ccccc4)cc3N(c3ccc(C(C)(C)C)cc3-c3ccccc3)c3cc(N4c5ccc(C(C)(C)C)cc5C5(C)CC(C(C)(C)C)CCC45C)cc(c31)N2c1ccc(C(C)(C)C)cc1-c1ccccc1. The van der Waals surface area contributed by atoms with Crippen LogP contribution in [-0.2, 0) is 27.1 Å². The summed E-state index contributed by atoms with van der Waals surface area (Å²) in [5.74, 6) is 0.577. The van der Waals surface area contributed by atoms with Crippen molar-refractivity contribution in [1.29, 1.82) is 0 Å². The van der Waals surface area contributed by atoms with Crippen LogP contribution in [0.5, 0.6) is 0 Å². The fourth-order valence-corrected chi connectivity index (χ4v) is 15.4. The van der Waals surface area contributed by atoms with Gasteiger partial charge < -0.3 is 14.7 Å². The van der Waals surface area contributed by atoms with Crippen molar-refractivity contribution >= 4 is 68.6 Å². The maximum atomic E-state index is 2.87. The summed E-state index contributed by atoms with van der Waals surface area (Å²) in [6.45, 7) is 41.0. The lowest BCUT2D eigenvalue weighted by Crippen LogP contribution is -2.62. The van der Waals surface area contributed by atoms with Gasteiger partial charge in [-0.25, -0.2) is 0 Å². The Morgan fingerprint density at radius 3 is 1.31 bits per heavy atom. The second-order valence-electron chi connectivity index (χ2n) is 31.6. The van der Waals surface area contributed by atoms with Crippen LogP contribution in [0.2, 0.25) is 0 Å². The van der Waals surface area contributed by atoms with Gasteiger partial charge in [-0.2, -0.15) is 0 Å². The van der Waals surface area contributed by atoms with Crippen LogP contribution in [-0.4, -0.2) is 12.3 Å². The molecule has 0 saturated heterocycles. The second kappa shape index (κ2) is 20.0. The van der Waals surface area contributed by atoms with Crippen molar-refractivity contribution in [3.8, 4) is 33.4 Å². The van der Waals surface area contributed by atoms with Crippen molar-refractivity contribution in [3.63, 3.8) is 0 Å². The highest BCUT2D eigenvalue weighted by molar-refractivity contribution is 7.00. The van der Waals surface area contributed by atoms with Crippen molar-refractivity contribution in [1.82, 2.24) is 0 Å². The summed E-state index contributed by atoms with van der Waals surface area (Å²) in [5, 5.41) is 0. The third-order valence-corrected chi connectivity index (χ3v) is 20.9. The second-order valence-corrected chi connectivity index (χ2v) is 31.6. The number of fused-ring (bicyclic) bond motifs is 7. The zero-order chi connectivity index (χ0) is 60.8. The first-order chi connectivity index (χ1) is 40.5. The summed E-state index contributed by atoms with van der Waals surface area (Å²) in [6, 6.07) is 75.9. The highest BCUT2D eigenvalue weighted by Gasteiger charge is 2.61. The fourth-order valence-electron chi connectivity index (χ4n) is 15.4. The van der Waals surface area contributed by atoms with E-state index in [1.54, 1.807) is 0 Å². The molecular weight excluding hydrogens is 1040 g/mol. The molecule has 3 atom stereocenters. The molecule has 86 heavy (non-hydrogen) atoms. The summed E-state index contributed by atoms with van der Waals surface area (Å²) < 4.78 is 0. The van der Waals surface area contributed by atoms with Gasteiger partial charge in [0.25, 0.3) is 6.71 Å². The number of hydrogen-bond donors (Lipinski definition) is 0. The lowest BCUT2D eigenvalue weighted by molar-refractivity contribution is 0.0786. The van der Waals surface area contributed by atoms with Crippen LogP contribution >= 0.6 is 0 Å². The Balaban J connectivity index is 1.20. The van der Waals surface area contributed by atoms with Gasteiger partial charge in [0.05, 0.1) is 16.9 Å². The van der Waals surface area contributed by atoms with E-state index in [1.165, 1.54) is 130 Å². The van der Waals surface area contributed by atoms with Gasteiger partial charge in [0.2, 0.25) is 0 Å². The average Bonchev–Trinajstić information content (AvgIpc) is 1.24. The van der Waals surface area contributed by atoms with E-state index in [2.05, 4.69) is 327 Å². The molecule has 3 nitrogen and oxygen atoms in total. The Bertz CT molecular complexity index is 4100. The third kappa shape index (κ3) is 9.37. The minimum atomic E-state index is -0.252. The summed E-state index contributed by atoms with van der Waals surface area (Å²) >= 11 is 0. The molecule has 0 aromatic heterocycles. The van der Waals surface area contributed by atoms with E-state index in [0.29, 0.717) is 5.92 Å². The fraction of sp³-hybridized carbons (Fsp3) is 0.341. The average molecular weight is 1130 g/mol. The van der Waals surface area contributed by atoms with E-state index in [1.807, 2.05) is 0 Å². The van der Waals surface area contributed by atoms with E-state index in [-0.39, 0.29) is 44.7 Å². The van der Waals surface area contributed by atoms with E-state index >= 15 is 0 Å².